The van der Waals surface area contributed by atoms with Crippen LogP contribution >= 0.6 is 0 Å². The molecule has 2 rings (SSSR count). The van der Waals surface area contributed by atoms with E-state index in [0.717, 1.165) is 5.56 Å². The van der Waals surface area contributed by atoms with Crippen molar-refractivity contribution in [3.05, 3.63) is 48.2 Å². The number of benzene rings is 1. The van der Waals surface area contributed by atoms with E-state index in [4.69, 9.17) is 15.3 Å². The maximum Gasteiger partial charge on any atom is 0.161 e. The molecular weight excluding hydrogens is 230 g/mol. The van der Waals surface area contributed by atoms with Gasteiger partial charge in [-0.3, -0.25) is 0 Å². The van der Waals surface area contributed by atoms with Crippen molar-refractivity contribution < 1.29 is 9.47 Å². The molecule has 0 saturated heterocycles. The zero-order valence-electron chi connectivity index (χ0n) is 10.1. The van der Waals surface area contributed by atoms with Gasteiger partial charge < -0.3 is 14.9 Å². The summed E-state index contributed by atoms with van der Waals surface area (Å²) in [6.45, 7) is 0.429. The molecule has 0 radical (unpaired) electrons. The number of pyridine rings is 1. The average molecular weight is 245 g/mol. The van der Waals surface area contributed by atoms with Gasteiger partial charge in [-0.15, -0.1) is 0 Å². The molecule has 3 N–H and O–H groups in total. The number of methoxy groups -OCH3 is 1. The van der Waals surface area contributed by atoms with E-state index in [-0.39, 0.29) is 0 Å². The van der Waals surface area contributed by atoms with Gasteiger partial charge in [0.2, 0.25) is 0 Å². The zero-order chi connectivity index (χ0) is 12.8. The fraction of sp³-hybridized carbons (Fsp3) is 0.154. The molecule has 1 aromatic heterocycles. The number of hydrogen-bond acceptors (Lipinski definition) is 5. The molecule has 0 amide bonds. The van der Waals surface area contributed by atoms with Crippen molar-refractivity contribution in [2.75, 3.05) is 12.5 Å². The van der Waals surface area contributed by atoms with Crippen LogP contribution in [0.15, 0.2) is 42.6 Å². The van der Waals surface area contributed by atoms with Crippen LogP contribution in [0.1, 0.15) is 5.56 Å². The fourth-order valence-corrected chi connectivity index (χ4v) is 1.49. The molecule has 0 aliphatic heterocycles. The van der Waals surface area contributed by atoms with Crippen molar-refractivity contribution in [2.24, 2.45) is 5.84 Å². The molecule has 0 fully saturated rings. The Hall–Kier alpha value is -2.27. The Morgan fingerprint density at radius 1 is 1.17 bits per heavy atom. The minimum Gasteiger partial charge on any atom is -0.493 e. The van der Waals surface area contributed by atoms with E-state index >= 15 is 0 Å². The van der Waals surface area contributed by atoms with Crippen molar-refractivity contribution in [1.29, 1.82) is 0 Å². The van der Waals surface area contributed by atoms with Gasteiger partial charge in [-0.2, -0.15) is 0 Å². The van der Waals surface area contributed by atoms with Gasteiger partial charge in [0.15, 0.2) is 11.5 Å². The SMILES string of the molecule is COc1ccccc1OCc1ccc(NN)nc1. The van der Waals surface area contributed by atoms with Gasteiger partial charge in [0.05, 0.1) is 7.11 Å². The molecule has 0 atom stereocenters. The second-order valence-corrected chi connectivity index (χ2v) is 3.64. The predicted octanol–water partition coefficient (Wildman–Crippen LogP) is 1.95. The first-order valence-electron chi connectivity index (χ1n) is 5.51. The minimum absolute atomic E-state index is 0.429. The number of ether oxygens (including phenoxy) is 2. The maximum absolute atomic E-state index is 5.67. The first-order valence-corrected chi connectivity index (χ1v) is 5.51. The Labute approximate surface area is 106 Å². The quantitative estimate of drug-likeness (QED) is 0.622. The van der Waals surface area contributed by atoms with Crippen LogP contribution in [0, 0.1) is 0 Å². The molecular formula is C13H15N3O2. The lowest BCUT2D eigenvalue weighted by Gasteiger charge is -2.10. The molecule has 0 aliphatic rings. The summed E-state index contributed by atoms with van der Waals surface area (Å²) in [6.07, 6.45) is 1.71. The van der Waals surface area contributed by atoms with Crippen molar-refractivity contribution in [3.63, 3.8) is 0 Å². The van der Waals surface area contributed by atoms with Gasteiger partial charge in [-0.25, -0.2) is 10.8 Å². The Balaban J connectivity index is 2.02. The summed E-state index contributed by atoms with van der Waals surface area (Å²) in [4.78, 5) is 4.10. The second-order valence-electron chi connectivity index (χ2n) is 3.64. The zero-order valence-corrected chi connectivity index (χ0v) is 10.1. The number of aromatic nitrogens is 1. The van der Waals surface area contributed by atoms with Gasteiger partial charge in [0.25, 0.3) is 0 Å². The van der Waals surface area contributed by atoms with Crippen molar-refractivity contribution in [3.8, 4) is 11.5 Å². The van der Waals surface area contributed by atoms with Crippen LogP contribution in [0.3, 0.4) is 0 Å². The number of nitrogens with two attached hydrogens (primary N) is 1. The van der Waals surface area contributed by atoms with Gasteiger partial charge in [0.1, 0.15) is 12.4 Å². The van der Waals surface area contributed by atoms with Crippen LogP contribution in [-0.2, 0) is 6.61 Å². The smallest absolute Gasteiger partial charge is 0.161 e. The summed E-state index contributed by atoms with van der Waals surface area (Å²) < 4.78 is 10.9. The van der Waals surface area contributed by atoms with Gasteiger partial charge in [-0.1, -0.05) is 18.2 Å². The van der Waals surface area contributed by atoms with Crippen LogP contribution in [0.2, 0.25) is 0 Å². The molecule has 1 heterocycles. The number of anilines is 1. The number of para-hydroxylation sites is 2. The maximum atomic E-state index is 5.67. The number of hydrogen-bond donors (Lipinski definition) is 2. The fourth-order valence-electron chi connectivity index (χ4n) is 1.49. The van der Waals surface area contributed by atoms with E-state index in [1.165, 1.54) is 0 Å². The molecule has 0 saturated carbocycles. The van der Waals surface area contributed by atoms with Crippen molar-refractivity contribution in [1.82, 2.24) is 4.98 Å². The number of nitrogen functional groups attached to an aromatic ring is 1. The third kappa shape index (κ3) is 2.89. The van der Waals surface area contributed by atoms with E-state index in [9.17, 15) is 0 Å². The largest absolute Gasteiger partial charge is 0.493 e. The lowest BCUT2D eigenvalue weighted by atomic mass is 10.3. The minimum atomic E-state index is 0.429. The summed E-state index contributed by atoms with van der Waals surface area (Å²) in [7, 11) is 1.62. The van der Waals surface area contributed by atoms with Crippen LogP contribution < -0.4 is 20.7 Å². The highest BCUT2D eigenvalue weighted by molar-refractivity contribution is 5.39. The number of hydrazine groups is 1. The van der Waals surface area contributed by atoms with E-state index in [0.29, 0.717) is 23.9 Å². The molecule has 2 aromatic rings. The van der Waals surface area contributed by atoms with Crippen LogP contribution in [0.25, 0.3) is 0 Å². The standard InChI is InChI=1S/C13H15N3O2/c1-17-11-4-2-3-5-12(11)18-9-10-6-7-13(16-14)15-8-10/h2-8H,9,14H2,1H3,(H,15,16). The topological polar surface area (TPSA) is 69.4 Å². The summed E-state index contributed by atoms with van der Waals surface area (Å²) in [6, 6.07) is 11.2. The highest BCUT2D eigenvalue weighted by atomic mass is 16.5. The third-order valence-corrected chi connectivity index (χ3v) is 2.44. The Bertz CT molecular complexity index is 500. The first-order chi connectivity index (χ1) is 8.83. The van der Waals surface area contributed by atoms with Gasteiger partial charge >= 0.3 is 0 Å². The first kappa shape index (κ1) is 12.2. The summed E-state index contributed by atoms with van der Waals surface area (Å²) >= 11 is 0. The summed E-state index contributed by atoms with van der Waals surface area (Å²) in [5.41, 5.74) is 3.43. The number of nitrogens with zero attached hydrogens (tertiary/aromatic N) is 1. The Kier molecular flexibility index (Phi) is 3.98. The van der Waals surface area contributed by atoms with Crippen LogP contribution in [0.4, 0.5) is 5.82 Å². The Morgan fingerprint density at radius 3 is 2.56 bits per heavy atom. The second kappa shape index (κ2) is 5.88. The average Bonchev–Trinajstić information content (AvgIpc) is 2.46. The van der Waals surface area contributed by atoms with E-state index in [2.05, 4.69) is 10.4 Å². The Morgan fingerprint density at radius 2 is 1.94 bits per heavy atom. The molecule has 0 unspecified atom stereocenters. The van der Waals surface area contributed by atoms with Gasteiger partial charge in [-0.05, 0) is 18.2 Å². The van der Waals surface area contributed by atoms with Crippen molar-refractivity contribution in [2.45, 2.75) is 6.61 Å². The molecule has 5 nitrogen and oxygen atoms in total. The number of rotatable bonds is 5. The predicted molar refractivity (Wildman–Crippen MR) is 69.4 cm³/mol. The molecule has 18 heavy (non-hydrogen) atoms. The van der Waals surface area contributed by atoms with Crippen molar-refractivity contribution >= 4 is 5.82 Å². The van der Waals surface area contributed by atoms with E-state index < -0.39 is 0 Å². The normalized spacial score (nSPS) is 9.89. The lowest BCUT2D eigenvalue weighted by Crippen LogP contribution is -2.08. The molecule has 5 heteroatoms. The molecule has 94 valence electrons. The molecule has 0 aliphatic carbocycles. The monoisotopic (exact) mass is 245 g/mol. The van der Waals surface area contributed by atoms with Crippen LogP contribution in [0.5, 0.6) is 11.5 Å². The highest BCUT2D eigenvalue weighted by Crippen LogP contribution is 2.26. The van der Waals surface area contributed by atoms with Gasteiger partial charge in [0, 0.05) is 11.8 Å². The third-order valence-electron chi connectivity index (χ3n) is 2.44. The molecule has 1 aromatic carbocycles. The highest BCUT2D eigenvalue weighted by Gasteiger charge is 2.03. The summed E-state index contributed by atoms with van der Waals surface area (Å²) in [5.74, 6) is 7.29. The molecule has 0 bridgehead atoms. The summed E-state index contributed by atoms with van der Waals surface area (Å²) in [5, 5.41) is 0. The van der Waals surface area contributed by atoms with E-state index in [1.54, 1.807) is 19.4 Å². The molecule has 0 spiro atoms. The number of nitrogens with one attached hydrogen (secondary N) is 1. The van der Waals surface area contributed by atoms with E-state index in [1.807, 2.05) is 30.3 Å². The van der Waals surface area contributed by atoms with Crippen LogP contribution in [-0.4, -0.2) is 12.1 Å². The lowest BCUT2D eigenvalue weighted by molar-refractivity contribution is 0.284.